The van der Waals surface area contributed by atoms with Gasteiger partial charge < -0.3 is 15.0 Å². The third-order valence-corrected chi connectivity index (χ3v) is 4.79. The van der Waals surface area contributed by atoms with Gasteiger partial charge in [0, 0.05) is 19.3 Å². The first-order valence-corrected chi connectivity index (χ1v) is 7.86. The number of para-hydroxylation sites is 1. The molecule has 2 heterocycles. The van der Waals surface area contributed by atoms with Crippen LogP contribution in [0.25, 0.3) is 0 Å². The monoisotopic (exact) mass is 288 g/mol. The van der Waals surface area contributed by atoms with Crippen LogP contribution in [0, 0.1) is 5.41 Å². The van der Waals surface area contributed by atoms with Crippen molar-refractivity contribution in [3.05, 3.63) is 29.8 Å². The zero-order valence-corrected chi connectivity index (χ0v) is 12.7. The maximum absolute atomic E-state index is 13.2. The molecule has 114 valence electrons. The quantitative estimate of drug-likeness (QED) is 0.925. The number of anilines is 1. The lowest BCUT2D eigenvalue weighted by atomic mass is 9.77. The summed E-state index contributed by atoms with van der Waals surface area (Å²) in [5.74, 6) is 0.248. The van der Waals surface area contributed by atoms with Gasteiger partial charge in [0.2, 0.25) is 5.91 Å². The molecular weight excluding hydrogens is 264 g/mol. The van der Waals surface area contributed by atoms with Crippen molar-refractivity contribution in [1.82, 2.24) is 5.32 Å². The number of ether oxygens (including phenoxy) is 1. The van der Waals surface area contributed by atoms with Crippen molar-refractivity contribution < 1.29 is 9.53 Å². The summed E-state index contributed by atoms with van der Waals surface area (Å²) in [6.45, 7) is 3.14. The lowest BCUT2D eigenvalue weighted by Crippen LogP contribution is -2.52. The van der Waals surface area contributed by atoms with Crippen LogP contribution in [-0.2, 0) is 16.0 Å². The van der Waals surface area contributed by atoms with E-state index in [-0.39, 0.29) is 11.3 Å². The maximum atomic E-state index is 13.2. The summed E-state index contributed by atoms with van der Waals surface area (Å²) >= 11 is 0. The fourth-order valence-corrected chi connectivity index (χ4v) is 3.63. The molecule has 2 aliphatic heterocycles. The molecule has 3 rings (SSSR count). The Bertz CT molecular complexity index is 504. The van der Waals surface area contributed by atoms with Crippen LogP contribution in [0.1, 0.15) is 24.8 Å². The van der Waals surface area contributed by atoms with E-state index in [4.69, 9.17) is 4.74 Å². The van der Waals surface area contributed by atoms with Crippen LogP contribution in [0.3, 0.4) is 0 Å². The Kier molecular flexibility index (Phi) is 4.27. The smallest absolute Gasteiger partial charge is 0.235 e. The summed E-state index contributed by atoms with van der Waals surface area (Å²) in [4.78, 5) is 15.2. The Morgan fingerprint density at radius 3 is 2.86 bits per heavy atom. The van der Waals surface area contributed by atoms with Crippen molar-refractivity contribution in [3.8, 4) is 0 Å². The van der Waals surface area contributed by atoms with Gasteiger partial charge >= 0.3 is 0 Å². The molecule has 0 saturated carbocycles. The largest absolute Gasteiger partial charge is 0.384 e. The van der Waals surface area contributed by atoms with Gasteiger partial charge in [-0.2, -0.15) is 0 Å². The van der Waals surface area contributed by atoms with Crippen LogP contribution >= 0.6 is 0 Å². The fraction of sp³-hybridized carbons (Fsp3) is 0.588. The molecule has 1 amide bonds. The second kappa shape index (κ2) is 6.16. The summed E-state index contributed by atoms with van der Waals surface area (Å²) < 4.78 is 5.41. The summed E-state index contributed by atoms with van der Waals surface area (Å²) in [5, 5.41) is 3.35. The Morgan fingerprint density at radius 1 is 1.33 bits per heavy atom. The normalized spacial score (nSPS) is 20.9. The number of rotatable bonds is 3. The number of fused-ring (bicyclic) bond motifs is 1. The predicted molar refractivity (Wildman–Crippen MR) is 83.5 cm³/mol. The van der Waals surface area contributed by atoms with Crippen LogP contribution in [0.4, 0.5) is 5.69 Å². The zero-order valence-electron chi connectivity index (χ0n) is 12.7. The van der Waals surface area contributed by atoms with Crippen molar-refractivity contribution in [2.75, 3.05) is 38.3 Å². The van der Waals surface area contributed by atoms with Crippen LogP contribution in [0.5, 0.6) is 0 Å². The first kappa shape index (κ1) is 14.5. The number of benzene rings is 1. The third kappa shape index (κ3) is 2.70. The number of amides is 1. The number of nitrogens with zero attached hydrogens (tertiary/aromatic N) is 1. The number of methoxy groups -OCH3 is 1. The van der Waals surface area contributed by atoms with Crippen LogP contribution < -0.4 is 10.2 Å². The standard InChI is InChI=1S/C17H24N2O2/c1-21-13-17(8-10-18-11-9-17)16(20)19-12-4-6-14-5-2-3-7-15(14)19/h2-3,5,7,18H,4,6,8-13H2,1H3. The molecule has 1 saturated heterocycles. The van der Waals surface area contributed by atoms with E-state index < -0.39 is 0 Å². The van der Waals surface area contributed by atoms with Gasteiger partial charge in [-0.15, -0.1) is 0 Å². The van der Waals surface area contributed by atoms with Crippen molar-refractivity contribution >= 4 is 11.6 Å². The molecule has 2 aliphatic rings. The van der Waals surface area contributed by atoms with E-state index in [1.54, 1.807) is 7.11 Å². The highest BCUT2D eigenvalue weighted by molar-refractivity contribution is 5.98. The molecule has 0 unspecified atom stereocenters. The van der Waals surface area contributed by atoms with E-state index >= 15 is 0 Å². The molecule has 0 bridgehead atoms. The summed E-state index contributed by atoms with van der Waals surface area (Å²) in [6.07, 6.45) is 3.83. The molecule has 0 aliphatic carbocycles. The molecular formula is C17H24N2O2. The average molecular weight is 288 g/mol. The van der Waals surface area contributed by atoms with Crippen molar-refractivity contribution in [3.63, 3.8) is 0 Å². The SMILES string of the molecule is COCC1(C(=O)N2CCCc3ccccc32)CCNCC1. The molecule has 1 aromatic carbocycles. The Morgan fingerprint density at radius 2 is 2.10 bits per heavy atom. The van der Waals surface area contributed by atoms with Crippen molar-refractivity contribution in [2.24, 2.45) is 5.41 Å². The molecule has 0 atom stereocenters. The summed E-state index contributed by atoms with van der Waals surface area (Å²) in [7, 11) is 1.70. The predicted octanol–water partition coefficient (Wildman–Crippen LogP) is 1.98. The summed E-state index contributed by atoms with van der Waals surface area (Å²) in [5.41, 5.74) is 2.03. The molecule has 1 N–H and O–H groups in total. The minimum absolute atomic E-state index is 0.248. The number of carbonyl (C=O) groups is 1. The van der Waals surface area contributed by atoms with E-state index in [2.05, 4.69) is 23.5 Å². The molecule has 0 spiro atoms. The van der Waals surface area contributed by atoms with Crippen LogP contribution in [0.15, 0.2) is 24.3 Å². The van der Waals surface area contributed by atoms with Gasteiger partial charge in [0.05, 0.1) is 12.0 Å². The van der Waals surface area contributed by atoms with Gasteiger partial charge in [0.25, 0.3) is 0 Å². The van der Waals surface area contributed by atoms with Crippen molar-refractivity contribution in [2.45, 2.75) is 25.7 Å². The molecule has 0 aromatic heterocycles. The average Bonchev–Trinajstić information content (AvgIpc) is 2.55. The number of hydrogen-bond acceptors (Lipinski definition) is 3. The van der Waals surface area contributed by atoms with E-state index in [0.717, 1.165) is 51.0 Å². The molecule has 21 heavy (non-hydrogen) atoms. The van der Waals surface area contributed by atoms with Crippen molar-refractivity contribution in [1.29, 1.82) is 0 Å². The lowest BCUT2D eigenvalue weighted by molar-refractivity contribution is -0.133. The first-order chi connectivity index (χ1) is 10.3. The topological polar surface area (TPSA) is 41.6 Å². The Labute approximate surface area is 126 Å². The van der Waals surface area contributed by atoms with E-state index in [0.29, 0.717) is 6.61 Å². The third-order valence-electron chi connectivity index (χ3n) is 4.79. The zero-order chi connectivity index (χ0) is 14.7. The van der Waals surface area contributed by atoms with Gasteiger partial charge in [-0.25, -0.2) is 0 Å². The lowest BCUT2D eigenvalue weighted by Gasteiger charge is -2.41. The Balaban J connectivity index is 1.90. The first-order valence-electron chi connectivity index (χ1n) is 7.86. The van der Waals surface area contributed by atoms with Gasteiger partial charge in [-0.05, 0) is 50.4 Å². The van der Waals surface area contributed by atoms with E-state index in [1.807, 2.05) is 11.0 Å². The highest BCUT2D eigenvalue weighted by atomic mass is 16.5. The highest BCUT2D eigenvalue weighted by Gasteiger charge is 2.43. The number of piperidine rings is 1. The number of aryl methyl sites for hydroxylation is 1. The molecule has 4 heteroatoms. The highest BCUT2D eigenvalue weighted by Crippen LogP contribution is 2.36. The Hall–Kier alpha value is -1.39. The van der Waals surface area contributed by atoms with Crippen LogP contribution in [0.2, 0.25) is 0 Å². The van der Waals surface area contributed by atoms with E-state index in [1.165, 1.54) is 5.56 Å². The second-order valence-corrected chi connectivity index (χ2v) is 6.15. The maximum Gasteiger partial charge on any atom is 0.235 e. The summed E-state index contributed by atoms with van der Waals surface area (Å²) in [6, 6.07) is 8.30. The number of hydrogen-bond donors (Lipinski definition) is 1. The minimum Gasteiger partial charge on any atom is -0.384 e. The number of carbonyl (C=O) groups excluding carboxylic acids is 1. The number of nitrogens with one attached hydrogen (secondary N) is 1. The minimum atomic E-state index is -0.357. The molecule has 0 radical (unpaired) electrons. The van der Waals surface area contributed by atoms with Gasteiger partial charge in [0.1, 0.15) is 0 Å². The molecule has 1 aromatic rings. The van der Waals surface area contributed by atoms with Gasteiger partial charge in [-0.1, -0.05) is 18.2 Å². The molecule has 1 fully saturated rings. The van der Waals surface area contributed by atoms with Crippen LogP contribution in [-0.4, -0.2) is 39.3 Å². The van der Waals surface area contributed by atoms with Gasteiger partial charge in [-0.3, -0.25) is 4.79 Å². The molecule has 4 nitrogen and oxygen atoms in total. The van der Waals surface area contributed by atoms with E-state index in [9.17, 15) is 4.79 Å². The second-order valence-electron chi connectivity index (χ2n) is 6.15. The van der Waals surface area contributed by atoms with Gasteiger partial charge in [0.15, 0.2) is 0 Å². The fourth-order valence-electron chi connectivity index (χ4n) is 3.63.